The molecule has 0 aliphatic carbocycles. The quantitative estimate of drug-likeness (QED) is 0.258. The van der Waals surface area contributed by atoms with Gasteiger partial charge in [0.15, 0.2) is 0 Å². The van der Waals surface area contributed by atoms with E-state index in [-0.39, 0.29) is 39.3 Å². The molecule has 0 fully saturated rings. The molecule has 0 heterocycles. The molecule has 6 N–H and O–H groups in total. The van der Waals surface area contributed by atoms with E-state index >= 15 is 0 Å². The highest BCUT2D eigenvalue weighted by molar-refractivity contribution is 5.83. The van der Waals surface area contributed by atoms with E-state index in [9.17, 15) is 9.59 Å². The van der Waals surface area contributed by atoms with Crippen LogP contribution in [0.1, 0.15) is 12.8 Å². The number of carbonyl (C=O) groups is 2. The van der Waals surface area contributed by atoms with E-state index in [0.717, 1.165) is 0 Å². The molecule has 0 aliphatic rings. The van der Waals surface area contributed by atoms with Gasteiger partial charge in [-0.15, -0.1) is 0 Å². The van der Waals surface area contributed by atoms with Gasteiger partial charge in [0.25, 0.3) is 0 Å². The Kier molecular flexibility index (Phi) is 9.11. The number of amides is 2. The second kappa shape index (κ2) is 9.77. The zero-order chi connectivity index (χ0) is 14.0. The predicted molar refractivity (Wildman–Crippen MR) is 61.4 cm³/mol. The molecule has 0 aromatic rings. The molecular formula is C10H20N2O6. The summed E-state index contributed by atoms with van der Waals surface area (Å²) in [5.74, 6) is -0.939. The maximum Gasteiger partial charge on any atom is 0.220 e. The molecule has 0 bridgehead atoms. The van der Waals surface area contributed by atoms with Gasteiger partial charge in [0.1, 0.15) is 0 Å². The summed E-state index contributed by atoms with van der Waals surface area (Å²) in [4.78, 5) is 22.6. The van der Waals surface area contributed by atoms with Crippen LogP contribution in [0, 0.1) is 0 Å². The van der Waals surface area contributed by atoms with E-state index in [1.54, 1.807) is 0 Å². The van der Waals surface area contributed by atoms with Gasteiger partial charge < -0.3 is 31.1 Å². The van der Waals surface area contributed by atoms with Gasteiger partial charge in [-0.25, -0.2) is 0 Å². The summed E-state index contributed by atoms with van der Waals surface area (Å²) in [6.07, 6.45) is -0.210. The van der Waals surface area contributed by atoms with Gasteiger partial charge in [-0.2, -0.15) is 0 Å². The molecule has 8 heteroatoms. The van der Waals surface area contributed by atoms with Crippen molar-refractivity contribution in [1.82, 2.24) is 10.6 Å². The maximum absolute atomic E-state index is 11.3. The Labute approximate surface area is 105 Å². The summed E-state index contributed by atoms with van der Waals surface area (Å²) in [7, 11) is 0. The first-order valence-electron chi connectivity index (χ1n) is 5.59. The van der Waals surface area contributed by atoms with Gasteiger partial charge in [0, 0.05) is 12.8 Å². The number of rotatable bonds is 9. The topological polar surface area (TPSA) is 139 Å². The van der Waals surface area contributed by atoms with Crippen molar-refractivity contribution in [3.63, 3.8) is 0 Å². The fourth-order valence-electron chi connectivity index (χ4n) is 1.12. The lowest BCUT2D eigenvalue weighted by molar-refractivity contribution is -0.127. The normalized spacial score (nSPS) is 10.8. The molecule has 18 heavy (non-hydrogen) atoms. The standard InChI is InChI=1S/C10H20N2O6/c13-3-7(4-14)11-9(17)1-2-10(18)12-8(5-15)6-16/h7-8,13-16H,1-6H2,(H,11,17)(H,12,18). The Morgan fingerprint density at radius 3 is 1.22 bits per heavy atom. The van der Waals surface area contributed by atoms with Crippen LogP contribution < -0.4 is 10.6 Å². The van der Waals surface area contributed by atoms with E-state index in [2.05, 4.69) is 10.6 Å². The van der Waals surface area contributed by atoms with Gasteiger partial charge in [-0.3, -0.25) is 9.59 Å². The summed E-state index contributed by atoms with van der Waals surface area (Å²) < 4.78 is 0. The maximum atomic E-state index is 11.3. The third-order valence-electron chi connectivity index (χ3n) is 2.19. The molecule has 0 aromatic heterocycles. The average Bonchev–Trinajstić information content (AvgIpc) is 2.39. The fourth-order valence-corrected chi connectivity index (χ4v) is 1.12. The molecule has 0 atom stereocenters. The molecule has 8 nitrogen and oxygen atoms in total. The van der Waals surface area contributed by atoms with E-state index in [0.29, 0.717) is 0 Å². The third-order valence-corrected chi connectivity index (χ3v) is 2.19. The van der Waals surface area contributed by atoms with E-state index in [1.807, 2.05) is 0 Å². The Hall–Kier alpha value is -1.22. The minimum absolute atomic E-state index is 0.105. The monoisotopic (exact) mass is 264 g/mol. The van der Waals surface area contributed by atoms with Gasteiger partial charge in [0.2, 0.25) is 11.8 Å². The van der Waals surface area contributed by atoms with Gasteiger partial charge in [0.05, 0.1) is 38.5 Å². The molecule has 106 valence electrons. The summed E-state index contributed by atoms with van der Waals surface area (Å²) in [6, 6.07) is -1.47. The molecule has 0 radical (unpaired) electrons. The summed E-state index contributed by atoms with van der Waals surface area (Å²) in [6.45, 7) is -1.53. The molecule has 0 saturated carbocycles. The van der Waals surface area contributed by atoms with Crippen molar-refractivity contribution in [2.24, 2.45) is 0 Å². The molecule has 2 amide bonds. The van der Waals surface area contributed by atoms with Crippen molar-refractivity contribution in [1.29, 1.82) is 0 Å². The van der Waals surface area contributed by atoms with Crippen molar-refractivity contribution < 1.29 is 30.0 Å². The molecular weight excluding hydrogens is 244 g/mol. The van der Waals surface area contributed by atoms with Crippen LogP contribution in [0.3, 0.4) is 0 Å². The lowest BCUT2D eigenvalue weighted by atomic mass is 10.2. The highest BCUT2D eigenvalue weighted by Gasteiger charge is 2.14. The lowest BCUT2D eigenvalue weighted by Gasteiger charge is -2.14. The Balaban J connectivity index is 3.87. The largest absolute Gasteiger partial charge is 0.394 e. The van der Waals surface area contributed by atoms with Crippen molar-refractivity contribution in [3.05, 3.63) is 0 Å². The molecule has 0 rings (SSSR count). The second-order valence-corrected chi connectivity index (χ2v) is 3.76. The van der Waals surface area contributed by atoms with Crippen LogP contribution in [0.15, 0.2) is 0 Å². The summed E-state index contributed by atoms with van der Waals surface area (Å²) in [5.41, 5.74) is 0. The predicted octanol–water partition coefficient (Wildman–Crippen LogP) is -3.29. The first kappa shape index (κ1) is 16.8. The van der Waals surface area contributed by atoms with Crippen LogP contribution in [0.2, 0.25) is 0 Å². The van der Waals surface area contributed by atoms with Gasteiger partial charge >= 0.3 is 0 Å². The minimum atomic E-state index is -0.733. The molecule has 0 unspecified atom stereocenters. The fraction of sp³-hybridized carbons (Fsp3) is 0.800. The Morgan fingerprint density at radius 1 is 0.722 bits per heavy atom. The summed E-state index contributed by atoms with van der Waals surface area (Å²) in [5, 5.41) is 39.6. The molecule has 0 aromatic carbocycles. The molecule has 0 saturated heterocycles. The summed E-state index contributed by atoms with van der Waals surface area (Å²) >= 11 is 0. The van der Waals surface area contributed by atoms with Crippen molar-refractivity contribution >= 4 is 11.8 Å². The number of carbonyl (C=O) groups excluding carboxylic acids is 2. The van der Waals surface area contributed by atoms with Crippen LogP contribution in [0.4, 0.5) is 0 Å². The van der Waals surface area contributed by atoms with Crippen LogP contribution in [-0.2, 0) is 9.59 Å². The Morgan fingerprint density at radius 2 is 1.00 bits per heavy atom. The number of aliphatic hydroxyl groups excluding tert-OH is 4. The van der Waals surface area contributed by atoms with E-state index in [4.69, 9.17) is 20.4 Å². The first-order valence-corrected chi connectivity index (χ1v) is 5.59. The lowest BCUT2D eigenvalue weighted by Crippen LogP contribution is -2.42. The van der Waals surface area contributed by atoms with Crippen LogP contribution >= 0.6 is 0 Å². The number of nitrogens with one attached hydrogen (secondary N) is 2. The average molecular weight is 264 g/mol. The van der Waals surface area contributed by atoms with Crippen LogP contribution in [0.25, 0.3) is 0 Å². The smallest absolute Gasteiger partial charge is 0.220 e. The third kappa shape index (κ3) is 7.17. The van der Waals surface area contributed by atoms with Gasteiger partial charge in [-0.1, -0.05) is 0 Å². The van der Waals surface area contributed by atoms with Crippen LogP contribution in [0.5, 0.6) is 0 Å². The van der Waals surface area contributed by atoms with Gasteiger partial charge in [-0.05, 0) is 0 Å². The number of hydrogen-bond donors (Lipinski definition) is 6. The van der Waals surface area contributed by atoms with E-state index < -0.39 is 23.9 Å². The number of aliphatic hydroxyl groups is 4. The minimum Gasteiger partial charge on any atom is -0.394 e. The molecule has 0 aliphatic heterocycles. The zero-order valence-electron chi connectivity index (χ0n) is 10.0. The SMILES string of the molecule is O=C(CCC(=O)NC(CO)CO)NC(CO)CO. The van der Waals surface area contributed by atoms with Crippen molar-refractivity contribution in [2.75, 3.05) is 26.4 Å². The highest BCUT2D eigenvalue weighted by atomic mass is 16.3. The molecule has 0 spiro atoms. The van der Waals surface area contributed by atoms with E-state index in [1.165, 1.54) is 0 Å². The van der Waals surface area contributed by atoms with Crippen molar-refractivity contribution in [3.8, 4) is 0 Å². The van der Waals surface area contributed by atoms with Crippen molar-refractivity contribution in [2.45, 2.75) is 24.9 Å². The first-order chi connectivity index (χ1) is 8.57. The Bertz CT molecular complexity index is 227. The zero-order valence-corrected chi connectivity index (χ0v) is 10.0. The highest BCUT2D eigenvalue weighted by Crippen LogP contribution is 1.92. The number of hydrogen-bond acceptors (Lipinski definition) is 6. The second-order valence-electron chi connectivity index (χ2n) is 3.76. The van der Waals surface area contributed by atoms with Crippen LogP contribution in [-0.4, -0.2) is 70.8 Å².